The van der Waals surface area contributed by atoms with Gasteiger partial charge in [0.05, 0.1) is 6.61 Å². The lowest BCUT2D eigenvalue weighted by molar-refractivity contribution is -0.142. The monoisotopic (exact) mass is 348 g/mol. The molecule has 2 fully saturated rings. The van der Waals surface area contributed by atoms with Crippen LogP contribution in [-0.2, 0) is 29.2 Å². The Hall–Kier alpha value is -0.990. The molecule has 2 bridgehead atoms. The van der Waals surface area contributed by atoms with Gasteiger partial charge < -0.3 is 9.47 Å². The lowest BCUT2D eigenvalue weighted by atomic mass is 9.67. The third-order valence-corrected chi connectivity index (χ3v) is 6.20. The number of Topliss-reactive ketones (excluding diaryl/α,β-unsaturated/α-hetero) is 1. The lowest BCUT2D eigenvalue weighted by Gasteiger charge is -2.36. The maximum Gasteiger partial charge on any atom is 0.323 e. The van der Waals surface area contributed by atoms with Gasteiger partial charge in [-0.25, -0.2) is 0 Å². The van der Waals surface area contributed by atoms with Crippen molar-refractivity contribution in [2.75, 3.05) is 25.6 Å². The summed E-state index contributed by atoms with van der Waals surface area (Å²) in [7, 11) is -4.36. The van der Waals surface area contributed by atoms with E-state index in [1.165, 1.54) is 0 Å². The molecule has 0 aromatic heterocycles. The van der Waals surface area contributed by atoms with Crippen molar-refractivity contribution in [1.82, 2.24) is 0 Å². The molecule has 0 saturated heterocycles. The highest BCUT2D eigenvalue weighted by atomic mass is 32.2. The number of rotatable bonds is 8. The summed E-state index contributed by atoms with van der Waals surface area (Å²) in [6, 6.07) is 0. The van der Waals surface area contributed by atoms with Crippen molar-refractivity contribution in [3.8, 4) is 0 Å². The molecule has 2 unspecified atom stereocenters. The molecule has 2 atom stereocenters. The first-order valence-corrected chi connectivity index (χ1v) is 9.41. The summed E-state index contributed by atoms with van der Waals surface area (Å²) in [4.78, 5) is 23.4. The predicted molar refractivity (Wildman–Crippen MR) is 81.4 cm³/mol. The van der Waals surface area contributed by atoms with Crippen LogP contribution in [0.5, 0.6) is 0 Å². The molecule has 0 spiro atoms. The second-order valence-electron chi connectivity index (χ2n) is 6.98. The molecule has 23 heavy (non-hydrogen) atoms. The van der Waals surface area contributed by atoms with Crippen LogP contribution in [0.1, 0.15) is 39.5 Å². The zero-order valence-electron chi connectivity index (χ0n) is 13.5. The average molecular weight is 348 g/mol. The highest BCUT2D eigenvalue weighted by Gasteiger charge is 2.63. The quantitative estimate of drug-likeness (QED) is 0.399. The van der Waals surface area contributed by atoms with Crippen molar-refractivity contribution in [3.63, 3.8) is 0 Å². The second kappa shape index (κ2) is 6.49. The zero-order valence-corrected chi connectivity index (χ0v) is 14.4. The van der Waals surface area contributed by atoms with E-state index in [1.807, 2.05) is 0 Å². The second-order valence-corrected chi connectivity index (χ2v) is 8.43. The van der Waals surface area contributed by atoms with Crippen molar-refractivity contribution in [2.45, 2.75) is 39.5 Å². The fourth-order valence-electron chi connectivity index (χ4n) is 4.11. The van der Waals surface area contributed by atoms with Gasteiger partial charge in [0.25, 0.3) is 10.1 Å². The maximum absolute atomic E-state index is 12.3. The van der Waals surface area contributed by atoms with Crippen LogP contribution in [-0.4, -0.2) is 50.3 Å². The highest BCUT2D eigenvalue weighted by Crippen LogP contribution is 2.65. The van der Waals surface area contributed by atoms with E-state index in [1.54, 1.807) is 0 Å². The predicted octanol–water partition coefficient (Wildman–Crippen LogP) is 1.22. The summed E-state index contributed by atoms with van der Waals surface area (Å²) in [5, 5.41) is 0. The first kappa shape index (κ1) is 18.4. The molecule has 2 saturated carbocycles. The number of fused-ring (bicyclic) bond motifs is 2. The number of carbonyl (C=O) groups is 2. The minimum atomic E-state index is -4.36. The maximum atomic E-state index is 12.3. The summed E-state index contributed by atoms with van der Waals surface area (Å²) in [5.74, 6) is -1.26. The normalized spacial score (nSPS) is 29.0. The van der Waals surface area contributed by atoms with Crippen LogP contribution in [0.4, 0.5) is 0 Å². The Bertz CT molecular complexity index is 581. The standard InChI is InChI=1S/C15H24O7S/c1-14(2)11-3-4-15(14,12(16)9-11)5-6-21-7-8-22-13(17)10-23(18,19)20/h11H,3-10H2,1-2H3,(H,18,19,20). The van der Waals surface area contributed by atoms with Gasteiger partial charge in [-0.15, -0.1) is 0 Å². The topological polar surface area (TPSA) is 107 Å². The molecular weight excluding hydrogens is 324 g/mol. The molecule has 0 amide bonds. The van der Waals surface area contributed by atoms with Crippen molar-refractivity contribution in [3.05, 3.63) is 0 Å². The van der Waals surface area contributed by atoms with Gasteiger partial charge in [-0.2, -0.15) is 8.42 Å². The highest BCUT2D eigenvalue weighted by molar-refractivity contribution is 7.86. The van der Waals surface area contributed by atoms with Gasteiger partial charge in [0.15, 0.2) is 5.75 Å². The van der Waals surface area contributed by atoms with E-state index in [9.17, 15) is 18.0 Å². The summed E-state index contributed by atoms with van der Waals surface area (Å²) >= 11 is 0. The van der Waals surface area contributed by atoms with Gasteiger partial charge in [-0.1, -0.05) is 13.8 Å². The Balaban J connectivity index is 1.68. The molecule has 0 aromatic rings. The molecule has 0 heterocycles. The van der Waals surface area contributed by atoms with Crippen LogP contribution in [0.15, 0.2) is 0 Å². The van der Waals surface area contributed by atoms with E-state index >= 15 is 0 Å². The first-order chi connectivity index (χ1) is 10.6. The average Bonchev–Trinajstić information content (AvgIpc) is 2.75. The van der Waals surface area contributed by atoms with Gasteiger partial charge in [0.2, 0.25) is 0 Å². The van der Waals surface area contributed by atoms with Crippen LogP contribution < -0.4 is 0 Å². The largest absolute Gasteiger partial charge is 0.462 e. The van der Waals surface area contributed by atoms with E-state index in [0.717, 1.165) is 12.8 Å². The molecule has 2 aliphatic rings. The number of hydrogen-bond donors (Lipinski definition) is 1. The molecular formula is C15H24O7S. The number of ether oxygens (including phenoxy) is 2. The van der Waals surface area contributed by atoms with Crippen LogP contribution in [0.2, 0.25) is 0 Å². The molecule has 0 aromatic carbocycles. The van der Waals surface area contributed by atoms with Crippen LogP contribution in [0, 0.1) is 16.7 Å². The van der Waals surface area contributed by atoms with Crippen LogP contribution in [0.25, 0.3) is 0 Å². The van der Waals surface area contributed by atoms with Crippen LogP contribution >= 0.6 is 0 Å². The van der Waals surface area contributed by atoms with Gasteiger partial charge in [-0.3, -0.25) is 14.1 Å². The van der Waals surface area contributed by atoms with E-state index < -0.39 is 21.8 Å². The lowest BCUT2D eigenvalue weighted by Crippen LogP contribution is -2.37. The minimum absolute atomic E-state index is 0.00932. The van der Waals surface area contributed by atoms with E-state index in [4.69, 9.17) is 9.29 Å². The molecule has 2 aliphatic carbocycles. The number of carbonyl (C=O) groups excluding carboxylic acids is 2. The Labute approximate surface area is 136 Å². The number of hydrogen-bond acceptors (Lipinski definition) is 6. The van der Waals surface area contributed by atoms with Gasteiger partial charge >= 0.3 is 5.97 Å². The third-order valence-electron chi connectivity index (χ3n) is 5.60. The summed E-state index contributed by atoms with van der Waals surface area (Å²) in [5.41, 5.74) is -0.283. The van der Waals surface area contributed by atoms with E-state index in [0.29, 0.717) is 31.1 Å². The minimum Gasteiger partial charge on any atom is -0.462 e. The van der Waals surface area contributed by atoms with Crippen molar-refractivity contribution in [2.24, 2.45) is 16.7 Å². The Kier molecular flexibility index (Phi) is 5.18. The number of esters is 1. The van der Waals surface area contributed by atoms with E-state index in [2.05, 4.69) is 18.6 Å². The van der Waals surface area contributed by atoms with Crippen molar-refractivity contribution >= 4 is 21.9 Å². The van der Waals surface area contributed by atoms with Crippen molar-refractivity contribution in [1.29, 1.82) is 0 Å². The molecule has 1 N–H and O–H groups in total. The fourth-order valence-corrected chi connectivity index (χ4v) is 4.49. The summed E-state index contributed by atoms with van der Waals surface area (Å²) in [6.45, 7) is 4.77. The van der Waals surface area contributed by atoms with Crippen LogP contribution in [0.3, 0.4) is 0 Å². The SMILES string of the molecule is CC1(C)C2CCC1(CCOCCOC(=O)CS(=O)(=O)O)C(=O)C2. The molecule has 0 aliphatic heterocycles. The molecule has 0 radical (unpaired) electrons. The molecule has 8 heteroatoms. The molecule has 132 valence electrons. The fraction of sp³-hybridized carbons (Fsp3) is 0.867. The Morgan fingerprint density at radius 3 is 2.52 bits per heavy atom. The summed E-state index contributed by atoms with van der Waals surface area (Å²) in [6.07, 6.45) is 3.33. The Morgan fingerprint density at radius 1 is 1.30 bits per heavy atom. The van der Waals surface area contributed by atoms with Gasteiger partial charge in [-0.05, 0) is 30.6 Å². The Morgan fingerprint density at radius 2 is 2.00 bits per heavy atom. The first-order valence-electron chi connectivity index (χ1n) is 7.80. The zero-order chi connectivity index (χ0) is 17.3. The molecule has 2 rings (SSSR count). The van der Waals surface area contributed by atoms with Gasteiger partial charge in [0.1, 0.15) is 12.4 Å². The number of ketones is 1. The van der Waals surface area contributed by atoms with Crippen molar-refractivity contribution < 1.29 is 32.0 Å². The van der Waals surface area contributed by atoms with Gasteiger partial charge in [0, 0.05) is 18.4 Å². The third kappa shape index (κ3) is 3.75. The van der Waals surface area contributed by atoms with E-state index in [-0.39, 0.29) is 24.0 Å². The smallest absolute Gasteiger partial charge is 0.323 e. The summed E-state index contributed by atoms with van der Waals surface area (Å²) < 4.78 is 39.5. The molecule has 7 nitrogen and oxygen atoms in total.